The van der Waals surface area contributed by atoms with Gasteiger partial charge in [-0.25, -0.2) is 14.8 Å². The molecule has 3 rings (SSSR count). The summed E-state index contributed by atoms with van der Waals surface area (Å²) in [6, 6.07) is 8.92. The molecule has 2 fully saturated rings. The Kier molecular flexibility index (Phi) is 8.12. The zero-order chi connectivity index (χ0) is 23.3. The molecule has 1 aromatic carbocycles. The first-order valence-electron chi connectivity index (χ1n) is 11.8. The van der Waals surface area contributed by atoms with Crippen molar-refractivity contribution in [3.8, 4) is 0 Å². The van der Waals surface area contributed by atoms with Crippen LogP contribution in [0, 0.1) is 5.92 Å². The van der Waals surface area contributed by atoms with Gasteiger partial charge in [0, 0.05) is 20.1 Å². The maximum Gasteiger partial charge on any atom is 0.334 e. The van der Waals surface area contributed by atoms with Crippen LogP contribution in [0.5, 0.6) is 0 Å². The third-order valence-electron chi connectivity index (χ3n) is 6.28. The van der Waals surface area contributed by atoms with Crippen LogP contribution in [0.25, 0.3) is 0 Å². The Morgan fingerprint density at radius 3 is 2.50 bits per heavy atom. The van der Waals surface area contributed by atoms with Gasteiger partial charge in [0.25, 0.3) is 0 Å². The summed E-state index contributed by atoms with van der Waals surface area (Å²) in [4.78, 5) is 43.0. The summed E-state index contributed by atoms with van der Waals surface area (Å²) >= 11 is 0. The number of piperazine rings is 1. The summed E-state index contributed by atoms with van der Waals surface area (Å²) < 4.78 is 0. The van der Waals surface area contributed by atoms with Crippen molar-refractivity contribution in [1.29, 1.82) is 0 Å². The molecule has 176 valence electrons. The average Bonchev–Trinajstić information content (AvgIpc) is 2.76. The average molecular weight is 444 g/mol. The Hall–Kier alpha value is -2.61. The van der Waals surface area contributed by atoms with Crippen LogP contribution in [0.3, 0.4) is 0 Å². The minimum absolute atomic E-state index is 0.00436. The fourth-order valence-electron chi connectivity index (χ4n) is 4.65. The lowest BCUT2D eigenvalue weighted by atomic mass is 9.96. The lowest BCUT2D eigenvalue weighted by Crippen LogP contribution is -2.76. The van der Waals surface area contributed by atoms with Crippen molar-refractivity contribution in [2.75, 3.05) is 26.7 Å². The van der Waals surface area contributed by atoms with Gasteiger partial charge >= 0.3 is 6.03 Å². The molecule has 32 heavy (non-hydrogen) atoms. The molecule has 2 saturated heterocycles. The van der Waals surface area contributed by atoms with Crippen molar-refractivity contribution in [2.24, 2.45) is 5.92 Å². The second-order valence-corrected chi connectivity index (χ2v) is 9.12. The molecule has 0 saturated carbocycles. The summed E-state index contributed by atoms with van der Waals surface area (Å²) in [5.74, 6) is -0.150. The molecule has 0 radical (unpaired) electrons. The molecular weight excluding hydrogens is 406 g/mol. The number of urea groups is 1. The van der Waals surface area contributed by atoms with E-state index in [-0.39, 0.29) is 30.3 Å². The maximum atomic E-state index is 13.3. The van der Waals surface area contributed by atoms with Crippen molar-refractivity contribution in [3.05, 3.63) is 35.9 Å². The first kappa shape index (κ1) is 24.0. The zero-order valence-electron chi connectivity index (χ0n) is 19.8. The highest BCUT2D eigenvalue weighted by atomic mass is 16.2. The summed E-state index contributed by atoms with van der Waals surface area (Å²) in [6.07, 6.45) is 3.77. The molecule has 0 aliphatic carbocycles. The van der Waals surface area contributed by atoms with Crippen LogP contribution in [0.15, 0.2) is 30.3 Å². The Morgan fingerprint density at radius 2 is 1.84 bits per heavy atom. The van der Waals surface area contributed by atoms with Gasteiger partial charge in [0.1, 0.15) is 12.2 Å². The first-order valence-corrected chi connectivity index (χ1v) is 11.8. The van der Waals surface area contributed by atoms with Gasteiger partial charge in [-0.3, -0.25) is 9.59 Å². The van der Waals surface area contributed by atoms with Gasteiger partial charge in [-0.15, -0.1) is 0 Å². The summed E-state index contributed by atoms with van der Waals surface area (Å²) in [7, 11) is 1.75. The Bertz CT molecular complexity index is 800. The van der Waals surface area contributed by atoms with Crippen LogP contribution in [-0.4, -0.2) is 76.6 Å². The Morgan fingerprint density at radius 1 is 1.12 bits per heavy atom. The van der Waals surface area contributed by atoms with Crippen molar-refractivity contribution in [2.45, 2.75) is 65.2 Å². The molecule has 2 heterocycles. The minimum Gasteiger partial charge on any atom is -0.337 e. The monoisotopic (exact) mass is 443 g/mol. The molecule has 0 unspecified atom stereocenters. The van der Waals surface area contributed by atoms with Gasteiger partial charge < -0.3 is 15.1 Å². The quantitative estimate of drug-likeness (QED) is 0.627. The lowest BCUT2D eigenvalue weighted by molar-refractivity contribution is -0.189. The van der Waals surface area contributed by atoms with E-state index in [2.05, 4.69) is 12.2 Å². The zero-order valence-corrected chi connectivity index (χ0v) is 19.8. The third-order valence-corrected chi connectivity index (χ3v) is 6.28. The third kappa shape index (κ3) is 5.23. The van der Waals surface area contributed by atoms with E-state index in [9.17, 15) is 14.4 Å². The normalized spacial score (nSPS) is 21.8. The number of hydrogen-bond acceptors (Lipinski definition) is 4. The second kappa shape index (κ2) is 10.8. The highest BCUT2D eigenvalue weighted by Crippen LogP contribution is 2.29. The van der Waals surface area contributed by atoms with E-state index in [1.165, 1.54) is 0 Å². The largest absolute Gasteiger partial charge is 0.337 e. The van der Waals surface area contributed by atoms with Crippen LogP contribution in [0.4, 0.5) is 4.79 Å². The number of hydrazine groups is 1. The smallest absolute Gasteiger partial charge is 0.334 e. The number of nitrogens with one attached hydrogen (secondary N) is 1. The number of nitrogens with zero attached hydrogens (tertiary/aromatic N) is 4. The number of amides is 4. The van der Waals surface area contributed by atoms with Crippen LogP contribution in [-0.2, 0) is 16.1 Å². The van der Waals surface area contributed by atoms with Gasteiger partial charge in [-0.05, 0) is 17.9 Å². The molecule has 0 bridgehead atoms. The van der Waals surface area contributed by atoms with E-state index in [4.69, 9.17) is 0 Å². The number of carbonyl (C=O) groups is 3. The van der Waals surface area contributed by atoms with Gasteiger partial charge in [-0.1, -0.05) is 70.4 Å². The number of unbranched alkanes of at least 4 members (excludes halogenated alkanes) is 3. The van der Waals surface area contributed by atoms with Crippen LogP contribution in [0.2, 0.25) is 0 Å². The predicted molar refractivity (Wildman–Crippen MR) is 123 cm³/mol. The molecule has 2 atom stereocenters. The van der Waals surface area contributed by atoms with Crippen molar-refractivity contribution < 1.29 is 14.4 Å². The number of hydrogen-bond donors (Lipinski definition) is 1. The molecule has 1 N–H and O–H groups in total. The number of rotatable bonds is 8. The molecule has 4 amide bonds. The molecule has 0 spiro atoms. The minimum atomic E-state index is -0.550. The van der Waals surface area contributed by atoms with E-state index in [1.54, 1.807) is 22.0 Å². The molecule has 2 aliphatic rings. The maximum absolute atomic E-state index is 13.3. The van der Waals surface area contributed by atoms with E-state index in [1.807, 2.05) is 49.1 Å². The molecule has 1 aromatic rings. The summed E-state index contributed by atoms with van der Waals surface area (Å²) in [5, 5.41) is 6.27. The van der Waals surface area contributed by atoms with Gasteiger partial charge in [0.2, 0.25) is 11.8 Å². The second-order valence-electron chi connectivity index (χ2n) is 9.12. The standard InChI is InChI=1S/C24H37N5O3/c1-5-6-7-11-14-27-16-20-28(22(18(2)3)23(27)31)21(30)17-26(4)29(20)24(32)25-15-19-12-9-8-10-13-19/h8-10,12-13,18,20,22H,5-7,11,14-17H2,1-4H3,(H,25,32)/t20-,22-/m0/s1. The molecule has 2 aliphatic heterocycles. The Labute approximate surface area is 191 Å². The van der Waals surface area contributed by atoms with Gasteiger partial charge in [0.15, 0.2) is 0 Å². The van der Waals surface area contributed by atoms with E-state index in [0.717, 1.165) is 31.2 Å². The lowest BCUT2D eigenvalue weighted by Gasteiger charge is -2.55. The van der Waals surface area contributed by atoms with Crippen molar-refractivity contribution in [3.63, 3.8) is 0 Å². The summed E-state index contributed by atoms with van der Waals surface area (Å²) in [5.41, 5.74) is 1.00. The van der Waals surface area contributed by atoms with Gasteiger partial charge in [-0.2, -0.15) is 0 Å². The number of likely N-dealkylation sites (N-methyl/N-ethyl adjacent to an activating group) is 1. The predicted octanol–water partition coefficient (Wildman–Crippen LogP) is 2.66. The Balaban J connectivity index is 1.80. The van der Waals surface area contributed by atoms with E-state index >= 15 is 0 Å². The van der Waals surface area contributed by atoms with E-state index in [0.29, 0.717) is 19.6 Å². The van der Waals surface area contributed by atoms with Crippen molar-refractivity contribution >= 4 is 17.8 Å². The van der Waals surface area contributed by atoms with Crippen LogP contribution >= 0.6 is 0 Å². The fraction of sp³-hybridized carbons (Fsp3) is 0.625. The van der Waals surface area contributed by atoms with Crippen molar-refractivity contribution in [1.82, 2.24) is 25.1 Å². The topological polar surface area (TPSA) is 76.2 Å². The number of carbonyl (C=O) groups excluding carboxylic acids is 3. The fourth-order valence-corrected chi connectivity index (χ4v) is 4.65. The van der Waals surface area contributed by atoms with Crippen LogP contribution < -0.4 is 5.32 Å². The van der Waals surface area contributed by atoms with Crippen LogP contribution in [0.1, 0.15) is 52.0 Å². The molecule has 0 aromatic heterocycles. The highest BCUT2D eigenvalue weighted by Gasteiger charge is 2.51. The molecule has 8 heteroatoms. The highest BCUT2D eigenvalue weighted by molar-refractivity contribution is 5.91. The molecular formula is C24H37N5O3. The SMILES string of the molecule is CCCCCCN1C[C@H]2N(C(=O)CN(C)N2C(=O)NCc2ccccc2)[C@@H](C(C)C)C1=O. The molecule has 8 nitrogen and oxygen atoms in total. The van der Waals surface area contributed by atoms with Gasteiger partial charge in [0.05, 0.1) is 13.1 Å². The number of benzene rings is 1. The summed E-state index contributed by atoms with van der Waals surface area (Å²) in [6.45, 7) is 7.55. The van der Waals surface area contributed by atoms with E-state index < -0.39 is 12.2 Å². The first-order chi connectivity index (χ1) is 15.3. The number of fused-ring (bicyclic) bond motifs is 1.